The van der Waals surface area contributed by atoms with Crippen LogP contribution >= 0.6 is 0 Å². The van der Waals surface area contributed by atoms with Crippen LogP contribution in [0.15, 0.2) is 45.2 Å². The maximum Gasteiger partial charge on any atom is 0.275 e. The van der Waals surface area contributed by atoms with Crippen molar-refractivity contribution in [3.8, 4) is 24.1 Å². The number of terminal acetylenes is 1. The molecule has 3 N–H and O–H groups in total. The number of para-hydroxylation sites is 1. The molecule has 1 saturated heterocycles. The molecular formula is C32H42N6O4. The number of benzene rings is 1. The average Bonchev–Trinajstić information content (AvgIpc) is 3.59. The van der Waals surface area contributed by atoms with E-state index in [1.165, 1.54) is 12.8 Å². The zero-order chi connectivity index (χ0) is 30.1. The normalized spacial score (nSPS) is 15.2. The number of aromatic nitrogens is 4. The Bertz CT molecular complexity index is 1550. The molecule has 0 saturated carbocycles. The summed E-state index contributed by atoms with van der Waals surface area (Å²) in [5, 5.41) is 14.5. The summed E-state index contributed by atoms with van der Waals surface area (Å²) >= 11 is 0. The Hall–Kier alpha value is -3.91. The maximum atomic E-state index is 13.4. The van der Waals surface area contributed by atoms with E-state index in [9.17, 15) is 14.7 Å². The van der Waals surface area contributed by atoms with Crippen molar-refractivity contribution in [3.05, 3.63) is 67.7 Å². The van der Waals surface area contributed by atoms with Gasteiger partial charge in [0.05, 0.1) is 34.6 Å². The monoisotopic (exact) mass is 574 g/mol. The SMILES string of the molecule is C#C.CCN(CCCCOC)CC1=Cc2[nH]c(=O)c(-c3cccc4c(=O)n(CCN5CCCC5)[nH]c34)nc2CC(O)=C1. The number of aliphatic hydroxyl groups is 1. The van der Waals surface area contributed by atoms with Gasteiger partial charge in [-0.05, 0) is 75.7 Å². The quantitative estimate of drug-likeness (QED) is 0.224. The lowest BCUT2D eigenvalue weighted by Gasteiger charge is -2.21. The Balaban J connectivity index is 0.00000198. The van der Waals surface area contributed by atoms with Gasteiger partial charge < -0.3 is 19.7 Å². The molecular weight excluding hydrogens is 532 g/mol. The number of nitrogens with zero attached hydrogens (tertiary/aromatic N) is 4. The summed E-state index contributed by atoms with van der Waals surface area (Å²) in [6, 6.07) is 5.37. The second-order valence-corrected chi connectivity index (χ2v) is 10.7. The number of aliphatic hydroxyl groups excluding tert-OH is 1. The van der Waals surface area contributed by atoms with Crippen molar-refractivity contribution in [3.63, 3.8) is 0 Å². The number of unbranched alkanes of at least 4 members (excludes halogenated alkanes) is 1. The second-order valence-electron chi connectivity index (χ2n) is 10.7. The summed E-state index contributed by atoms with van der Waals surface area (Å²) in [6.07, 6.45) is 16.3. The average molecular weight is 575 g/mol. The van der Waals surface area contributed by atoms with Crippen LogP contribution in [0.25, 0.3) is 28.2 Å². The lowest BCUT2D eigenvalue weighted by Crippen LogP contribution is -2.28. The number of H-pyrrole nitrogens is 2. The van der Waals surface area contributed by atoms with E-state index < -0.39 is 0 Å². The van der Waals surface area contributed by atoms with Gasteiger partial charge in [-0.2, -0.15) is 0 Å². The number of methoxy groups -OCH3 is 1. The number of nitrogens with one attached hydrogen (secondary N) is 2. The van der Waals surface area contributed by atoms with Crippen molar-refractivity contribution < 1.29 is 9.84 Å². The van der Waals surface area contributed by atoms with Crippen LogP contribution in [0.3, 0.4) is 0 Å². The topological polar surface area (TPSA) is 119 Å². The minimum Gasteiger partial charge on any atom is -0.512 e. The first kappa shape index (κ1) is 31.0. The van der Waals surface area contributed by atoms with Gasteiger partial charge in [-0.3, -0.25) is 24.3 Å². The molecule has 3 heterocycles. The van der Waals surface area contributed by atoms with Gasteiger partial charge in [0.25, 0.3) is 11.1 Å². The molecule has 0 spiro atoms. The molecule has 0 radical (unpaired) electrons. The van der Waals surface area contributed by atoms with Crippen LogP contribution in [0, 0.1) is 12.8 Å². The highest BCUT2D eigenvalue weighted by Crippen LogP contribution is 2.25. The van der Waals surface area contributed by atoms with Crippen molar-refractivity contribution in [2.24, 2.45) is 0 Å². The van der Waals surface area contributed by atoms with Gasteiger partial charge in [0.15, 0.2) is 0 Å². The zero-order valence-electron chi connectivity index (χ0n) is 24.7. The number of rotatable bonds is 12. The molecule has 10 heteroatoms. The van der Waals surface area contributed by atoms with Crippen LogP contribution in [0.1, 0.15) is 44.0 Å². The third-order valence-corrected chi connectivity index (χ3v) is 7.86. The lowest BCUT2D eigenvalue weighted by atomic mass is 10.1. The third kappa shape index (κ3) is 7.29. The summed E-state index contributed by atoms with van der Waals surface area (Å²) < 4.78 is 6.78. The largest absolute Gasteiger partial charge is 0.512 e. The Labute approximate surface area is 246 Å². The summed E-state index contributed by atoms with van der Waals surface area (Å²) in [5.74, 6) is 0.200. The van der Waals surface area contributed by atoms with E-state index >= 15 is 0 Å². The van der Waals surface area contributed by atoms with Crippen molar-refractivity contribution in [1.29, 1.82) is 0 Å². The Kier molecular flexibility index (Phi) is 11.0. The number of hydrogen-bond donors (Lipinski definition) is 3. The van der Waals surface area contributed by atoms with Gasteiger partial charge in [0, 0.05) is 38.8 Å². The molecule has 1 aliphatic heterocycles. The fourth-order valence-corrected chi connectivity index (χ4v) is 5.66. The van der Waals surface area contributed by atoms with E-state index in [1.54, 1.807) is 30.0 Å². The first-order valence-electron chi connectivity index (χ1n) is 14.7. The van der Waals surface area contributed by atoms with Crippen LogP contribution < -0.4 is 11.1 Å². The molecule has 2 aromatic heterocycles. The molecule has 0 bridgehead atoms. The van der Waals surface area contributed by atoms with Crippen molar-refractivity contribution >= 4 is 17.0 Å². The number of hydrogen-bond acceptors (Lipinski definition) is 7. The third-order valence-electron chi connectivity index (χ3n) is 7.86. The van der Waals surface area contributed by atoms with Gasteiger partial charge in [-0.25, -0.2) is 4.98 Å². The molecule has 224 valence electrons. The van der Waals surface area contributed by atoms with Gasteiger partial charge in [0.2, 0.25) is 0 Å². The molecule has 5 rings (SSSR count). The molecule has 0 unspecified atom stereocenters. The maximum absolute atomic E-state index is 13.4. The Morgan fingerprint density at radius 2 is 1.90 bits per heavy atom. The van der Waals surface area contributed by atoms with E-state index in [1.807, 2.05) is 12.1 Å². The highest BCUT2D eigenvalue weighted by Gasteiger charge is 2.20. The van der Waals surface area contributed by atoms with Crippen LogP contribution in [-0.4, -0.2) is 87.6 Å². The minimum absolute atomic E-state index is 0.0990. The van der Waals surface area contributed by atoms with E-state index in [2.05, 4.69) is 39.7 Å². The van der Waals surface area contributed by atoms with Crippen molar-refractivity contribution in [2.75, 3.05) is 53.0 Å². The molecule has 1 aliphatic carbocycles. The summed E-state index contributed by atoms with van der Waals surface area (Å²) in [6.45, 7) is 8.82. The number of ether oxygens (including phenoxy) is 1. The van der Waals surface area contributed by atoms with E-state index in [-0.39, 0.29) is 29.0 Å². The summed E-state index contributed by atoms with van der Waals surface area (Å²) in [7, 11) is 1.71. The molecule has 1 aromatic carbocycles. The van der Waals surface area contributed by atoms with Crippen LogP contribution in [0.5, 0.6) is 0 Å². The molecule has 42 heavy (non-hydrogen) atoms. The van der Waals surface area contributed by atoms with Crippen LogP contribution in [0.2, 0.25) is 0 Å². The lowest BCUT2D eigenvalue weighted by molar-refractivity contribution is 0.186. The number of aromatic amines is 2. The standard InChI is InChI=1S/C30H40N6O4.C2H2/c1-3-34(11-6-7-16-40-2)20-21-17-22(37)19-26-25(18-21)32-29(38)28(31-26)23-9-8-10-24-27(23)33-36(30(24)39)15-14-35-12-4-5-13-35;1-2/h8-10,17-18,33,37H,3-7,11-16,19-20H2,1-2H3,(H,32,38);1-2H. The van der Waals surface area contributed by atoms with Gasteiger partial charge in [-0.15, -0.1) is 12.8 Å². The van der Waals surface area contributed by atoms with Gasteiger partial charge in [-0.1, -0.05) is 19.1 Å². The van der Waals surface area contributed by atoms with Gasteiger partial charge in [0.1, 0.15) is 5.69 Å². The van der Waals surface area contributed by atoms with Crippen LogP contribution in [-0.2, 0) is 17.7 Å². The van der Waals surface area contributed by atoms with E-state index in [4.69, 9.17) is 9.72 Å². The second kappa shape index (κ2) is 14.8. The molecule has 0 amide bonds. The number of likely N-dealkylation sites (N-methyl/N-ethyl adjacent to an activating group) is 1. The highest BCUT2D eigenvalue weighted by atomic mass is 16.5. The molecule has 1 fully saturated rings. The van der Waals surface area contributed by atoms with E-state index in [0.29, 0.717) is 40.9 Å². The predicted octanol–water partition coefficient (Wildman–Crippen LogP) is 3.56. The minimum atomic E-state index is -0.333. The molecule has 0 atom stereocenters. The molecule has 3 aromatic rings. The zero-order valence-corrected chi connectivity index (χ0v) is 24.7. The smallest absolute Gasteiger partial charge is 0.275 e. The summed E-state index contributed by atoms with van der Waals surface area (Å²) in [4.78, 5) is 38.9. The Morgan fingerprint density at radius 1 is 1.12 bits per heavy atom. The fourth-order valence-electron chi connectivity index (χ4n) is 5.66. The van der Waals surface area contributed by atoms with Crippen molar-refractivity contribution in [1.82, 2.24) is 29.5 Å². The number of likely N-dealkylation sites (tertiary alicyclic amines) is 1. The summed E-state index contributed by atoms with van der Waals surface area (Å²) in [5.41, 5.74) is 3.08. The Morgan fingerprint density at radius 3 is 2.64 bits per heavy atom. The molecule has 2 aliphatic rings. The van der Waals surface area contributed by atoms with Crippen molar-refractivity contribution in [2.45, 2.75) is 45.6 Å². The highest BCUT2D eigenvalue weighted by molar-refractivity contribution is 5.92. The predicted molar refractivity (Wildman–Crippen MR) is 168 cm³/mol. The molecule has 10 nitrogen and oxygen atoms in total. The first-order chi connectivity index (χ1) is 20.5. The van der Waals surface area contributed by atoms with Gasteiger partial charge >= 0.3 is 0 Å². The van der Waals surface area contributed by atoms with Crippen LogP contribution in [0.4, 0.5) is 0 Å². The number of allylic oxidation sites excluding steroid dienone is 1. The van der Waals surface area contributed by atoms with E-state index in [0.717, 1.165) is 57.7 Å². The number of fused-ring (bicyclic) bond motifs is 2. The first-order valence-corrected chi connectivity index (χ1v) is 14.7. The fraction of sp³-hybridized carbons (Fsp3) is 0.469.